The summed E-state index contributed by atoms with van der Waals surface area (Å²) in [5.74, 6) is 1.15. The highest BCUT2D eigenvalue weighted by molar-refractivity contribution is 7.09. The summed E-state index contributed by atoms with van der Waals surface area (Å²) in [6, 6.07) is 12.3. The molecule has 0 saturated carbocycles. The zero-order valence-electron chi connectivity index (χ0n) is 10.9. The molecule has 0 aliphatic carbocycles. The normalized spacial score (nSPS) is 10.8. The Morgan fingerprint density at radius 2 is 1.95 bits per heavy atom. The maximum atomic E-state index is 5.95. The predicted octanol–water partition coefficient (Wildman–Crippen LogP) is 4.66. The van der Waals surface area contributed by atoms with Crippen LogP contribution in [0.1, 0.15) is 10.4 Å². The maximum absolute atomic E-state index is 5.95. The van der Waals surface area contributed by atoms with Crippen LogP contribution in [0.5, 0.6) is 5.88 Å². The topological polar surface area (TPSA) is 22.1 Å². The molecular weight excluding hydrogens is 290 g/mol. The molecule has 0 spiro atoms. The first-order valence-electron chi connectivity index (χ1n) is 6.46. The van der Waals surface area contributed by atoms with Crippen LogP contribution in [0.2, 0.25) is 0 Å². The van der Waals surface area contributed by atoms with Crippen molar-refractivity contribution in [1.82, 2.24) is 4.98 Å². The van der Waals surface area contributed by atoms with Crippen molar-refractivity contribution in [3.63, 3.8) is 0 Å². The molecule has 2 aromatic heterocycles. The summed E-state index contributed by atoms with van der Waals surface area (Å²) in [5.41, 5.74) is 1.04. The molecule has 4 heteroatoms. The van der Waals surface area contributed by atoms with Crippen molar-refractivity contribution in [3.05, 3.63) is 58.4 Å². The summed E-state index contributed by atoms with van der Waals surface area (Å²) in [7, 11) is 0. The van der Waals surface area contributed by atoms with Gasteiger partial charge in [0.25, 0.3) is 0 Å². The van der Waals surface area contributed by atoms with Crippen molar-refractivity contribution < 1.29 is 4.74 Å². The number of rotatable bonds is 5. The van der Waals surface area contributed by atoms with E-state index in [9.17, 15) is 0 Å². The molecule has 0 N–H and O–H groups in total. The van der Waals surface area contributed by atoms with Crippen LogP contribution in [0.4, 0.5) is 0 Å². The predicted molar refractivity (Wildman–Crippen MR) is 84.8 cm³/mol. The molecule has 1 aromatic carbocycles. The number of hydrogen-bond acceptors (Lipinski definition) is 3. The highest BCUT2D eigenvalue weighted by Gasteiger charge is 2.07. The van der Waals surface area contributed by atoms with Crippen molar-refractivity contribution >= 4 is 33.7 Å². The Labute approximate surface area is 127 Å². The summed E-state index contributed by atoms with van der Waals surface area (Å²) in [5, 5.41) is 4.22. The third-order valence-electron chi connectivity index (χ3n) is 3.15. The van der Waals surface area contributed by atoms with E-state index in [1.54, 1.807) is 17.5 Å². The van der Waals surface area contributed by atoms with Crippen LogP contribution in [0.25, 0.3) is 10.8 Å². The SMILES string of the molecule is ClCc1cnc(OCCc2cccs2)c2ccccc12. The Balaban J connectivity index is 1.81. The summed E-state index contributed by atoms with van der Waals surface area (Å²) < 4.78 is 5.84. The van der Waals surface area contributed by atoms with Gasteiger partial charge in [0, 0.05) is 28.8 Å². The van der Waals surface area contributed by atoms with E-state index in [1.165, 1.54) is 4.88 Å². The van der Waals surface area contributed by atoms with E-state index in [2.05, 4.69) is 28.6 Å². The average molecular weight is 304 g/mol. The molecule has 0 atom stereocenters. The number of pyridine rings is 1. The zero-order chi connectivity index (χ0) is 13.8. The monoisotopic (exact) mass is 303 g/mol. The van der Waals surface area contributed by atoms with Gasteiger partial charge in [0.1, 0.15) is 0 Å². The van der Waals surface area contributed by atoms with Crippen molar-refractivity contribution in [2.45, 2.75) is 12.3 Å². The lowest BCUT2D eigenvalue weighted by Gasteiger charge is -2.10. The average Bonchev–Trinajstić information content (AvgIpc) is 3.01. The summed E-state index contributed by atoms with van der Waals surface area (Å²) in [6.45, 7) is 0.637. The van der Waals surface area contributed by atoms with E-state index < -0.39 is 0 Å². The van der Waals surface area contributed by atoms with Crippen LogP contribution in [0, 0.1) is 0 Å². The molecular formula is C16H14ClNOS. The number of nitrogens with zero attached hydrogens (tertiary/aromatic N) is 1. The van der Waals surface area contributed by atoms with Gasteiger partial charge in [-0.05, 0) is 28.5 Å². The van der Waals surface area contributed by atoms with E-state index >= 15 is 0 Å². The Morgan fingerprint density at radius 1 is 1.10 bits per heavy atom. The first kappa shape index (κ1) is 13.4. The molecule has 2 nitrogen and oxygen atoms in total. The van der Waals surface area contributed by atoms with Gasteiger partial charge in [-0.2, -0.15) is 0 Å². The molecule has 0 fully saturated rings. The number of alkyl halides is 1. The van der Waals surface area contributed by atoms with Crippen molar-refractivity contribution in [2.75, 3.05) is 6.61 Å². The molecule has 0 bridgehead atoms. The first-order valence-corrected chi connectivity index (χ1v) is 7.87. The van der Waals surface area contributed by atoms with Crippen LogP contribution in [0.15, 0.2) is 48.0 Å². The van der Waals surface area contributed by atoms with E-state index in [1.807, 2.05) is 18.2 Å². The molecule has 3 rings (SSSR count). The standard InChI is InChI=1S/C16H14ClNOS/c17-10-12-11-18-16(15-6-2-1-5-14(12)15)19-8-7-13-4-3-9-20-13/h1-6,9,11H,7-8,10H2. The van der Waals surface area contributed by atoms with E-state index in [4.69, 9.17) is 16.3 Å². The molecule has 3 aromatic rings. The van der Waals surface area contributed by atoms with E-state index in [0.717, 1.165) is 22.8 Å². The summed E-state index contributed by atoms with van der Waals surface area (Å²) in [6.07, 6.45) is 2.71. The number of thiophene rings is 1. The van der Waals surface area contributed by atoms with Gasteiger partial charge in [-0.25, -0.2) is 4.98 Å². The molecule has 0 amide bonds. The van der Waals surface area contributed by atoms with Crippen LogP contribution < -0.4 is 4.74 Å². The lowest BCUT2D eigenvalue weighted by Crippen LogP contribution is -2.02. The molecule has 0 aliphatic heterocycles. The number of ether oxygens (including phenoxy) is 1. The maximum Gasteiger partial charge on any atom is 0.221 e. The Kier molecular flexibility index (Phi) is 4.19. The minimum atomic E-state index is 0.461. The number of benzene rings is 1. The number of hydrogen-bond donors (Lipinski definition) is 0. The lowest BCUT2D eigenvalue weighted by molar-refractivity contribution is 0.314. The van der Waals surface area contributed by atoms with E-state index in [-0.39, 0.29) is 0 Å². The third-order valence-corrected chi connectivity index (χ3v) is 4.38. The quantitative estimate of drug-likeness (QED) is 0.640. The number of halogens is 1. The van der Waals surface area contributed by atoms with Gasteiger partial charge >= 0.3 is 0 Å². The second-order valence-corrected chi connectivity index (χ2v) is 5.75. The second-order valence-electron chi connectivity index (χ2n) is 4.45. The smallest absolute Gasteiger partial charge is 0.221 e. The van der Waals surface area contributed by atoms with Crippen molar-refractivity contribution in [3.8, 4) is 5.88 Å². The van der Waals surface area contributed by atoms with Gasteiger partial charge in [0.2, 0.25) is 5.88 Å². The Bertz CT molecular complexity index is 697. The van der Waals surface area contributed by atoms with Crippen LogP contribution in [0.3, 0.4) is 0 Å². The van der Waals surface area contributed by atoms with Gasteiger partial charge in [-0.3, -0.25) is 0 Å². The zero-order valence-corrected chi connectivity index (χ0v) is 12.5. The van der Waals surface area contributed by atoms with Crippen LogP contribution in [-0.2, 0) is 12.3 Å². The fourth-order valence-corrected chi connectivity index (χ4v) is 3.05. The second kappa shape index (κ2) is 6.25. The first-order chi connectivity index (χ1) is 9.88. The van der Waals surface area contributed by atoms with Crippen LogP contribution in [-0.4, -0.2) is 11.6 Å². The summed E-state index contributed by atoms with van der Waals surface area (Å²) in [4.78, 5) is 5.72. The minimum absolute atomic E-state index is 0.461. The Hall–Kier alpha value is -1.58. The van der Waals surface area contributed by atoms with Gasteiger partial charge in [-0.15, -0.1) is 22.9 Å². The fourth-order valence-electron chi connectivity index (χ4n) is 2.15. The molecule has 0 saturated heterocycles. The van der Waals surface area contributed by atoms with Gasteiger partial charge in [0.15, 0.2) is 0 Å². The van der Waals surface area contributed by atoms with E-state index in [0.29, 0.717) is 18.4 Å². The molecule has 0 aliphatic rings. The highest BCUT2D eigenvalue weighted by Crippen LogP contribution is 2.27. The molecule has 0 radical (unpaired) electrons. The molecule has 102 valence electrons. The summed E-state index contributed by atoms with van der Waals surface area (Å²) >= 11 is 7.70. The van der Waals surface area contributed by atoms with Gasteiger partial charge in [0.05, 0.1) is 6.61 Å². The molecule has 2 heterocycles. The molecule has 0 unspecified atom stereocenters. The third kappa shape index (κ3) is 2.79. The van der Waals surface area contributed by atoms with Crippen LogP contribution >= 0.6 is 22.9 Å². The largest absolute Gasteiger partial charge is 0.477 e. The number of aromatic nitrogens is 1. The van der Waals surface area contributed by atoms with Gasteiger partial charge < -0.3 is 4.74 Å². The number of fused-ring (bicyclic) bond motifs is 1. The highest BCUT2D eigenvalue weighted by atomic mass is 35.5. The Morgan fingerprint density at radius 3 is 2.70 bits per heavy atom. The molecule has 20 heavy (non-hydrogen) atoms. The van der Waals surface area contributed by atoms with Gasteiger partial charge in [-0.1, -0.05) is 24.3 Å². The fraction of sp³-hybridized carbons (Fsp3) is 0.188. The minimum Gasteiger partial charge on any atom is -0.477 e. The lowest BCUT2D eigenvalue weighted by atomic mass is 10.1. The van der Waals surface area contributed by atoms with Crippen molar-refractivity contribution in [2.24, 2.45) is 0 Å². The van der Waals surface area contributed by atoms with Crippen molar-refractivity contribution in [1.29, 1.82) is 0 Å².